The number of hydrogen-bond acceptors (Lipinski definition) is 8. The van der Waals surface area contributed by atoms with E-state index < -0.39 is 31.2 Å². The highest BCUT2D eigenvalue weighted by molar-refractivity contribution is 7.80. The molecule has 146 valence electrons. The van der Waals surface area contributed by atoms with Gasteiger partial charge in [0.2, 0.25) is 0 Å². The van der Waals surface area contributed by atoms with Crippen LogP contribution in [0.15, 0.2) is 22.8 Å². The fourth-order valence-electron chi connectivity index (χ4n) is 2.48. The van der Waals surface area contributed by atoms with Crippen molar-refractivity contribution in [1.29, 1.82) is 0 Å². The fourth-order valence-corrected chi connectivity index (χ4v) is 4.97. The quantitative estimate of drug-likeness (QED) is 0.506. The Kier molecular flexibility index (Phi) is 6.50. The number of furan rings is 1. The van der Waals surface area contributed by atoms with Gasteiger partial charge in [0.25, 0.3) is 5.17 Å². The average Bonchev–Trinajstić information content (AvgIpc) is 3.13. The lowest BCUT2D eigenvalue weighted by Crippen LogP contribution is -2.43. The molecule has 2 rings (SSSR count). The first-order valence-corrected chi connectivity index (χ1v) is 10.3. The van der Waals surface area contributed by atoms with Crippen LogP contribution >= 0.6 is 19.8 Å². The van der Waals surface area contributed by atoms with Gasteiger partial charge in [-0.25, -0.2) is 9.69 Å². The van der Waals surface area contributed by atoms with Crippen LogP contribution in [0.3, 0.4) is 0 Å². The van der Waals surface area contributed by atoms with Crippen molar-refractivity contribution in [2.24, 2.45) is 0 Å². The first kappa shape index (κ1) is 20.9. The second-order valence-corrected chi connectivity index (χ2v) is 8.93. The van der Waals surface area contributed by atoms with Crippen LogP contribution < -0.4 is 0 Å². The van der Waals surface area contributed by atoms with Gasteiger partial charge in [-0.1, -0.05) is 0 Å². The number of carbonyl (C=O) groups is 1. The Morgan fingerprint density at radius 3 is 2.38 bits per heavy atom. The minimum absolute atomic E-state index is 0.119. The topological polar surface area (TPSA) is 87.4 Å². The van der Waals surface area contributed by atoms with Crippen molar-refractivity contribution in [2.75, 3.05) is 13.2 Å². The van der Waals surface area contributed by atoms with E-state index in [0.29, 0.717) is 5.76 Å². The van der Waals surface area contributed by atoms with Crippen LogP contribution in [0.2, 0.25) is 0 Å². The Balaban J connectivity index is 2.48. The fraction of sp³-hybridized carbons (Fsp3) is 0.625. The molecule has 1 aromatic heterocycles. The third-order valence-corrected chi connectivity index (χ3v) is 5.99. The van der Waals surface area contributed by atoms with E-state index in [-0.39, 0.29) is 18.4 Å². The highest BCUT2D eigenvalue weighted by Gasteiger charge is 2.57. The second-order valence-electron chi connectivity index (χ2n) is 6.46. The summed E-state index contributed by atoms with van der Waals surface area (Å²) in [4.78, 5) is 13.7. The van der Waals surface area contributed by atoms with Crippen molar-refractivity contribution in [3.8, 4) is 0 Å². The predicted molar refractivity (Wildman–Crippen MR) is 97.9 cm³/mol. The summed E-state index contributed by atoms with van der Waals surface area (Å²) in [5.41, 5.74) is -0.777. The monoisotopic (exact) mass is 405 g/mol. The summed E-state index contributed by atoms with van der Waals surface area (Å²) in [6, 6.07) is 3.29. The molecule has 1 amide bonds. The highest BCUT2D eigenvalue weighted by atomic mass is 32.1. The standard InChI is InChI=1S/C16H24NO7PS/c1-6-21-25(19,22-7-2)13-12(11-9-8-10-20-11)23-15(26)17(13)14(18)24-16(3,4)5/h8-10,12-13H,6-7H2,1-5H3/t12-,13+/m1/s1. The minimum atomic E-state index is -3.82. The molecule has 1 aliphatic rings. The lowest BCUT2D eigenvalue weighted by molar-refractivity contribution is 0.0337. The maximum Gasteiger partial charge on any atom is 0.418 e. The molecule has 0 spiro atoms. The molecule has 0 bridgehead atoms. The minimum Gasteiger partial charge on any atom is -0.465 e. The number of ether oxygens (including phenoxy) is 2. The molecule has 0 saturated carbocycles. The molecular formula is C16H24NO7PS. The normalized spacial score (nSPS) is 21.0. The van der Waals surface area contributed by atoms with Crippen molar-refractivity contribution >= 4 is 31.1 Å². The van der Waals surface area contributed by atoms with E-state index in [2.05, 4.69) is 0 Å². The predicted octanol–water partition coefficient (Wildman–Crippen LogP) is 4.47. The van der Waals surface area contributed by atoms with Gasteiger partial charge in [-0.3, -0.25) is 4.57 Å². The molecule has 1 fully saturated rings. The number of carbonyl (C=O) groups excluding carboxylic acids is 1. The molecule has 0 radical (unpaired) electrons. The molecule has 0 N–H and O–H groups in total. The largest absolute Gasteiger partial charge is 0.465 e. The molecule has 0 aliphatic carbocycles. The lowest BCUT2D eigenvalue weighted by Gasteiger charge is -2.31. The summed E-state index contributed by atoms with van der Waals surface area (Å²) in [6.07, 6.45) is -0.281. The summed E-state index contributed by atoms with van der Waals surface area (Å²) in [5, 5.41) is -0.176. The summed E-state index contributed by atoms with van der Waals surface area (Å²) in [7, 11) is -3.82. The first-order valence-electron chi connectivity index (χ1n) is 8.28. The first-order chi connectivity index (χ1) is 12.1. The number of thiocarbonyl (C=S) groups is 1. The van der Waals surface area contributed by atoms with Crippen LogP contribution in [-0.4, -0.2) is 40.8 Å². The van der Waals surface area contributed by atoms with E-state index in [1.807, 2.05) is 0 Å². The van der Waals surface area contributed by atoms with E-state index in [9.17, 15) is 9.36 Å². The highest BCUT2D eigenvalue weighted by Crippen LogP contribution is 2.61. The molecule has 2 heterocycles. The molecule has 1 saturated heterocycles. The van der Waals surface area contributed by atoms with Crippen molar-refractivity contribution in [2.45, 2.75) is 52.1 Å². The third-order valence-electron chi connectivity index (χ3n) is 3.32. The molecule has 1 aliphatic heterocycles. The summed E-state index contributed by atoms with van der Waals surface area (Å²) in [6.45, 7) is 8.75. The molecule has 2 atom stereocenters. The molecule has 26 heavy (non-hydrogen) atoms. The Hall–Kier alpha value is -1.41. The van der Waals surface area contributed by atoms with Crippen LogP contribution in [0, 0.1) is 0 Å². The van der Waals surface area contributed by atoms with E-state index in [1.54, 1.807) is 46.8 Å². The van der Waals surface area contributed by atoms with E-state index in [0.717, 1.165) is 4.90 Å². The maximum absolute atomic E-state index is 13.5. The zero-order valence-corrected chi connectivity index (χ0v) is 17.2. The van der Waals surface area contributed by atoms with Gasteiger partial charge in [-0.15, -0.1) is 0 Å². The van der Waals surface area contributed by atoms with E-state index in [4.69, 9.17) is 35.2 Å². The van der Waals surface area contributed by atoms with Crippen LogP contribution in [0.5, 0.6) is 0 Å². The summed E-state index contributed by atoms with van der Waals surface area (Å²) < 4.78 is 40.8. The van der Waals surface area contributed by atoms with Crippen LogP contribution in [0.1, 0.15) is 46.5 Å². The van der Waals surface area contributed by atoms with Gasteiger partial charge in [-0.2, -0.15) is 0 Å². The SMILES string of the molecule is CCOP(=O)(OCC)[C@H]1[C@@H](c2ccco2)OC(=S)N1C(=O)OC(C)(C)C. The molecular weight excluding hydrogens is 381 g/mol. The van der Waals surface area contributed by atoms with Crippen molar-refractivity contribution in [3.05, 3.63) is 24.2 Å². The molecule has 1 aromatic rings. The number of rotatable bonds is 6. The average molecular weight is 405 g/mol. The second kappa shape index (κ2) is 8.08. The number of hydrogen-bond donors (Lipinski definition) is 0. The zero-order valence-electron chi connectivity index (χ0n) is 15.5. The van der Waals surface area contributed by atoms with Crippen molar-refractivity contribution in [1.82, 2.24) is 4.90 Å². The van der Waals surface area contributed by atoms with Crippen LogP contribution in [0.4, 0.5) is 4.79 Å². The lowest BCUT2D eigenvalue weighted by atomic mass is 10.2. The molecule has 10 heteroatoms. The molecule has 0 unspecified atom stereocenters. The third kappa shape index (κ3) is 4.46. The van der Waals surface area contributed by atoms with Gasteiger partial charge in [0.1, 0.15) is 11.4 Å². The maximum atomic E-state index is 13.5. The molecule has 8 nitrogen and oxygen atoms in total. The van der Waals surface area contributed by atoms with Crippen molar-refractivity contribution in [3.63, 3.8) is 0 Å². The van der Waals surface area contributed by atoms with Gasteiger partial charge in [0.05, 0.1) is 19.5 Å². The van der Waals surface area contributed by atoms with Crippen LogP contribution in [0.25, 0.3) is 0 Å². The summed E-state index contributed by atoms with van der Waals surface area (Å²) in [5.74, 6) is -0.807. The Bertz CT molecular complexity index is 675. The number of nitrogens with zero attached hydrogens (tertiary/aromatic N) is 1. The Labute approximate surface area is 158 Å². The van der Waals surface area contributed by atoms with E-state index in [1.165, 1.54) is 6.26 Å². The van der Waals surface area contributed by atoms with Gasteiger partial charge in [0.15, 0.2) is 11.9 Å². The van der Waals surface area contributed by atoms with Gasteiger partial charge in [-0.05, 0) is 59.0 Å². The van der Waals surface area contributed by atoms with Gasteiger partial charge < -0.3 is 22.9 Å². The van der Waals surface area contributed by atoms with Crippen LogP contribution in [-0.2, 0) is 23.1 Å². The Morgan fingerprint density at radius 1 is 1.31 bits per heavy atom. The number of amides is 1. The van der Waals surface area contributed by atoms with Crippen molar-refractivity contribution < 1.29 is 32.3 Å². The summed E-state index contributed by atoms with van der Waals surface area (Å²) >= 11 is 5.20. The smallest absolute Gasteiger partial charge is 0.418 e. The van der Waals surface area contributed by atoms with Gasteiger partial charge in [0, 0.05) is 0 Å². The zero-order chi connectivity index (χ0) is 19.5. The molecule has 0 aromatic carbocycles. The van der Waals surface area contributed by atoms with Gasteiger partial charge >= 0.3 is 13.7 Å². The Morgan fingerprint density at radius 2 is 1.92 bits per heavy atom. The van der Waals surface area contributed by atoms with E-state index >= 15 is 0 Å².